The Morgan fingerprint density at radius 3 is 2.43 bits per heavy atom. The Morgan fingerprint density at radius 2 is 2.07 bits per heavy atom. The lowest BCUT2D eigenvalue weighted by atomic mass is 10.0. The summed E-state index contributed by atoms with van der Waals surface area (Å²) in [6, 6.07) is 2.81. The van der Waals surface area contributed by atoms with E-state index in [1.807, 2.05) is 0 Å². The van der Waals surface area contributed by atoms with Crippen LogP contribution in [0, 0.1) is 0 Å². The Labute approximate surface area is 93.2 Å². The number of hydrogen-bond acceptors (Lipinski definition) is 1. The summed E-state index contributed by atoms with van der Waals surface area (Å²) >= 11 is 8.62. The van der Waals surface area contributed by atoms with E-state index in [0.717, 1.165) is 0 Å². The van der Waals surface area contributed by atoms with Gasteiger partial charge in [-0.1, -0.05) is 27.5 Å². The molecule has 1 rings (SSSR count). The van der Waals surface area contributed by atoms with E-state index in [-0.39, 0.29) is 10.6 Å². The van der Waals surface area contributed by atoms with Gasteiger partial charge in [-0.3, -0.25) is 4.79 Å². The number of hydrogen-bond donors (Lipinski definition) is 0. The second kappa shape index (κ2) is 4.36. The van der Waals surface area contributed by atoms with E-state index in [4.69, 9.17) is 11.6 Å². The predicted molar refractivity (Wildman–Crippen MR) is 54.1 cm³/mol. The first kappa shape index (κ1) is 11.6. The third-order valence-corrected chi connectivity index (χ3v) is 2.70. The highest BCUT2D eigenvalue weighted by atomic mass is 79.9. The van der Waals surface area contributed by atoms with Gasteiger partial charge in [0, 0.05) is 15.6 Å². The molecule has 5 heteroatoms. The van der Waals surface area contributed by atoms with Crippen molar-refractivity contribution in [3.8, 4) is 0 Å². The number of halogens is 4. The van der Waals surface area contributed by atoms with Crippen molar-refractivity contribution < 1.29 is 13.6 Å². The standard InChI is InChI=1S/C9H6BrClF2O/c1-4(14)7-5(10)2-3-6(11)8(7)9(12)13/h2-3,9H,1H3. The second-order valence-electron chi connectivity index (χ2n) is 2.67. The SMILES string of the molecule is CC(=O)c1c(Br)ccc(Cl)c1C(F)F. The van der Waals surface area contributed by atoms with Crippen LogP contribution in [0.15, 0.2) is 16.6 Å². The molecular weight excluding hydrogens is 277 g/mol. The van der Waals surface area contributed by atoms with Crippen LogP contribution >= 0.6 is 27.5 Å². The van der Waals surface area contributed by atoms with Crippen LogP contribution in [0.2, 0.25) is 5.02 Å². The van der Waals surface area contributed by atoms with Gasteiger partial charge in [0.2, 0.25) is 0 Å². The van der Waals surface area contributed by atoms with Gasteiger partial charge in [0.15, 0.2) is 5.78 Å². The molecule has 0 atom stereocenters. The van der Waals surface area contributed by atoms with E-state index >= 15 is 0 Å². The largest absolute Gasteiger partial charge is 0.294 e. The van der Waals surface area contributed by atoms with Crippen LogP contribution in [0.3, 0.4) is 0 Å². The van der Waals surface area contributed by atoms with Crippen molar-refractivity contribution in [2.24, 2.45) is 0 Å². The lowest BCUT2D eigenvalue weighted by Gasteiger charge is -2.09. The van der Waals surface area contributed by atoms with Crippen LogP contribution in [0.25, 0.3) is 0 Å². The number of alkyl halides is 2. The second-order valence-corrected chi connectivity index (χ2v) is 3.94. The van der Waals surface area contributed by atoms with E-state index in [1.165, 1.54) is 19.1 Å². The Bertz CT molecular complexity index is 379. The molecule has 0 saturated heterocycles. The molecule has 0 heterocycles. The number of benzene rings is 1. The predicted octanol–water partition coefficient (Wildman–Crippen LogP) is 4.24. The van der Waals surface area contributed by atoms with Crippen LogP contribution < -0.4 is 0 Å². The van der Waals surface area contributed by atoms with Gasteiger partial charge >= 0.3 is 0 Å². The summed E-state index contributed by atoms with van der Waals surface area (Å²) in [5.41, 5.74) is -0.457. The number of Topliss-reactive ketones (excluding diaryl/α,β-unsaturated/α-hetero) is 1. The summed E-state index contributed by atoms with van der Waals surface area (Å²) in [4.78, 5) is 11.1. The maximum Gasteiger partial charge on any atom is 0.266 e. The van der Waals surface area contributed by atoms with Gasteiger partial charge in [-0.15, -0.1) is 0 Å². The van der Waals surface area contributed by atoms with Gasteiger partial charge in [-0.2, -0.15) is 0 Å². The molecule has 0 aliphatic carbocycles. The molecule has 1 aromatic carbocycles. The molecule has 14 heavy (non-hydrogen) atoms. The fraction of sp³-hybridized carbons (Fsp3) is 0.222. The molecule has 0 bridgehead atoms. The first-order chi connectivity index (χ1) is 6.45. The van der Waals surface area contributed by atoms with Gasteiger partial charge in [-0.05, 0) is 19.1 Å². The Kier molecular flexibility index (Phi) is 3.61. The zero-order valence-electron chi connectivity index (χ0n) is 7.15. The van der Waals surface area contributed by atoms with Gasteiger partial charge in [0.05, 0.1) is 5.02 Å². The quantitative estimate of drug-likeness (QED) is 0.742. The summed E-state index contributed by atoms with van der Waals surface area (Å²) in [5.74, 6) is -0.435. The van der Waals surface area contributed by atoms with Crippen molar-refractivity contribution in [3.05, 3.63) is 32.8 Å². The fourth-order valence-corrected chi connectivity index (χ4v) is 2.00. The van der Waals surface area contributed by atoms with Crippen molar-refractivity contribution >= 4 is 33.3 Å². The molecule has 0 fully saturated rings. The van der Waals surface area contributed by atoms with Gasteiger partial charge in [0.25, 0.3) is 6.43 Å². The zero-order chi connectivity index (χ0) is 10.9. The molecule has 0 spiro atoms. The smallest absolute Gasteiger partial charge is 0.266 e. The summed E-state index contributed by atoms with van der Waals surface area (Å²) < 4.78 is 25.5. The molecule has 76 valence electrons. The summed E-state index contributed by atoms with van der Waals surface area (Å²) in [6.07, 6.45) is -2.75. The third kappa shape index (κ3) is 2.12. The molecule has 0 aromatic heterocycles. The van der Waals surface area contributed by atoms with Crippen molar-refractivity contribution in [2.45, 2.75) is 13.3 Å². The summed E-state index contributed by atoms with van der Waals surface area (Å²) in [5, 5.41) is -0.0894. The Balaban J connectivity index is 3.50. The molecule has 1 aromatic rings. The van der Waals surface area contributed by atoms with Gasteiger partial charge in [0.1, 0.15) is 0 Å². The van der Waals surface area contributed by atoms with Crippen molar-refractivity contribution in [3.63, 3.8) is 0 Å². The van der Waals surface area contributed by atoms with Crippen LogP contribution in [0.1, 0.15) is 29.3 Å². The Morgan fingerprint density at radius 1 is 1.50 bits per heavy atom. The maximum atomic E-state index is 12.6. The van der Waals surface area contributed by atoms with E-state index in [2.05, 4.69) is 15.9 Å². The topological polar surface area (TPSA) is 17.1 Å². The van der Waals surface area contributed by atoms with Crippen molar-refractivity contribution in [2.75, 3.05) is 0 Å². The third-order valence-electron chi connectivity index (χ3n) is 1.71. The van der Waals surface area contributed by atoms with E-state index in [1.54, 1.807) is 0 Å². The maximum absolute atomic E-state index is 12.6. The number of carbonyl (C=O) groups excluding carboxylic acids is 1. The normalized spacial score (nSPS) is 10.7. The highest BCUT2D eigenvalue weighted by Gasteiger charge is 2.21. The molecule has 0 radical (unpaired) electrons. The van der Waals surface area contributed by atoms with Crippen LogP contribution in [0.4, 0.5) is 8.78 Å². The summed E-state index contributed by atoms with van der Waals surface area (Å²) in [7, 11) is 0. The Hall–Kier alpha value is -0.480. The van der Waals surface area contributed by atoms with Crippen LogP contribution in [-0.4, -0.2) is 5.78 Å². The highest BCUT2D eigenvalue weighted by molar-refractivity contribution is 9.10. The monoisotopic (exact) mass is 282 g/mol. The molecule has 0 unspecified atom stereocenters. The van der Waals surface area contributed by atoms with Crippen molar-refractivity contribution in [1.29, 1.82) is 0 Å². The van der Waals surface area contributed by atoms with Crippen molar-refractivity contribution in [1.82, 2.24) is 0 Å². The number of ketones is 1. The van der Waals surface area contributed by atoms with E-state index < -0.39 is 17.8 Å². The average Bonchev–Trinajstić information content (AvgIpc) is 2.07. The molecular formula is C9H6BrClF2O. The lowest BCUT2D eigenvalue weighted by Crippen LogP contribution is -2.02. The fourth-order valence-electron chi connectivity index (χ4n) is 1.14. The van der Waals surface area contributed by atoms with Gasteiger partial charge < -0.3 is 0 Å². The molecule has 0 saturated carbocycles. The number of rotatable bonds is 2. The van der Waals surface area contributed by atoms with E-state index in [9.17, 15) is 13.6 Å². The van der Waals surface area contributed by atoms with Crippen LogP contribution in [0.5, 0.6) is 0 Å². The summed E-state index contributed by atoms with van der Waals surface area (Å²) in [6.45, 7) is 1.22. The first-order valence-corrected chi connectivity index (χ1v) is 4.89. The number of carbonyl (C=O) groups is 1. The lowest BCUT2D eigenvalue weighted by molar-refractivity contribution is 0.0998. The minimum Gasteiger partial charge on any atom is -0.294 e. The molecule has 0 aliphatic rings. The minimum atomic E-state index is -2.75. The van der Waals surface area contributed by atoms with E-state index in [0.29, 0.717) is 4.47 Å². The highest BCUT2D eigenvalue weighted by Crippen LogP contribution is 2.34. The van der Waals surface area contributed by atoms with Gasteiger partial charge in [-0.25, -0.2) is 8.78 Å². The van der Waals surface area contributed by atoms with Crippen LogP contribution in [-0.2, 0) is 0 Å². The molecule has 1 nitrogen and oxygen atoms in total. The average molecular weight is 283 g/mol. The first-order valence-electron chi connectivity index (χ1n) is 3.72. The zero-order valence-corrected chi connectivity index (χ0v) is 9.49. The minimum absolute atomic E-state index is 0.0486. The molecule has 0 N–H and O–H groups in total. The molecule has 0 aliphatic heterocycles. The molecule has 0 amide bonds.